The lowest BCUT2D eigenvalue weighted by Gasteiger charge is -2.20. The Kier molecular flexibility index (Phi) is 6.82. The molecule has 0 radical (unpaired) electrons. The van der Waals surface area contributed by atoms with E-state index >= 15 is 0 Å². The molecule has 0 unspecified atom stereocenters. The molecule has 0 bridgehead atoms. The van der Waals surface area contributed by atoms with Crippen molar-refractivity contribution in [2.75, 3.05) is 18.4 Å². The minimum atomic E-state index is 0.520. The SMILES string of the molecule is Cc1ncccc1Oc1cc(Nc2nc(C3CCNCC3)cs2)ncc1Sc1ccnc2ccsc12. The topological polar surface area (TPSA) is 84.9 Å². The summed E-state index contributed by atoms with van der Waals surface area (Å²) in [5, 5.41) is 11.9. The van der Waals surface area contributed by atoms with E-state index in [9.17, 15) is 0 Å². The van der Waals surface area contributed by atoms with E-state index in [4.69, 9.17) is 14.7 Å². The van der Waals surface area contributed by atoms with Crippen molar-refractivity contribution in [3.05, 3.63) is 71.1 Å². The van der Waals surface area contributed by atoms with E-state index in [1.807, 2.05) is 49.6 Å². The van der Waals surface area contributed by atoms with Crippen LogP contribution in [0.25, 0.3) is 10.2 Å². The highest BCUT2D eigenvalue weighted by Crippen LogP contribution is 2.42. The molecule has 6 heterocycles. The number of thiophene rings is 1. The molecular weight excluding hydrogens is 509 g/mol. The van der Waals surface area contributed by atoms with Crippen LogP contribution >= 0.6 is 34.4 Å². The maximum Gasteiger partial charge on any atom is 0.188 e. The van der Waals surface area contributed by atoms with Gasteiger partial charge in [-0.15, -0.1) is 22.7 Å². The second-order valence-corrected chi connectivity index (χ2v) is 11.3. The lowest BCUT2D eigenvalue weighted by molar-refractivity contribution is 0.455. The molecule has 1 saturated heterocycles. The van der Waals surface area contributed by atoms with Gasteiger partial charge in [-0.2, -0.15) is 0 Å². The minimum Gasteiger partial charge on any atom is -0.454 e. The molecule has 0 saturated carbocycles. The van der Waals surface area contributed by atoms with E-state index in [1.54, 1.807) is 40.6 Å². The van der Waals surface area contributed by atoms with E-state index in [-0.39, 0.29) is 0 Å². The van der Waals surface area contributed by atoms with E-state index in [0.29, 0.717) is 17.5 Å². The van der Waals surface area contributed by atoms with Crippen LogP contribution in [-0.4, -0.2) is 33.0 Å². The molecular formula is C26H24N6OS3. The number of nitrogens with one attached hydrogen (secondary N) is 2. The maximum atomic E-state index is 6.39. The predicted octanol–water partition coefficient (Wildman–Crippen LogP) is 7.01. The van der Waals surface area contributed by atoms with E-state index < -0.39 is 0 Å². The third-order valence-corrected chi connectivity index (χ3v) is 8.98. The van der Waals surface area contributed by atoms with Gasteiger partial charge in [-0.3, -0.25) is 9.97 Å². The first-order chi connectivity index (χ1) is 17.7. The van der Waals surface area contributed by atoms with E-state index in [0.717, 1.165) is 68.2 Å². The highest BCUT2D eigenvalue weighted by molar-refractivity contribution is 7.99. The first kappa shape index (κ1) is 23.4. The Morgan fingerprint density at radius 3 is 2.83 bits per heavy atom. The second-order valence-electron chi connectivity index (χ2n) is 8.48. The normalized spacial score (nSPS) is 14.2. The van der Waals surface area contributed by atoms with Crippen LogP contribution in [0.5, 0.6) is 11.5 Å². The van der Waals surface area contributed by atoms with Crippen LogP contribution in [0, 0.1) is 6.92 Å². The van der Waals surface area contributed by atoms with Crippen molar-refractivity contribution in [2.45, 2.75) is 35.5 Å². The highest BCUT2D eigenvalue weighted by Gasteiger charge is 2.19. The standard InChI is InChI=1S/C26H24N6OS3/c1-16-20(3-2-8-28-16)33-21-13-24(32-26-31-19(15-35-26)17-4-9-27-10-5-17)30-14-23(21)36-22-6-11-29-18-7-12-34-25(18)22/h2-3,6-8,11-15,17,27H,4-5,9-10H2,1H3,(H,30,31,32). The smallest absolute Gasteiger partial charge is 0.188 e. The molecule has 36 heavy (non-hydrogen) atoms. The largest absolute Gasteiger partial charge is 0.454 e. The fourth-order valence-electron chi connectivity index (χ4n) is 4.15. The summed E-state index contributed by atoms with van der Waals surface area (Å²) in [6.07, 6.45) is 7.72. The van der Waals surface area contributed by atoms with Gasteiger partial charge < -0.3 is 15.4 Å². The molecule has 10 heteroatoms. The number of thiazole rings is 1. The Bertz CT molecular complexity index is 1490. The molecule has 5 aromatic rings. The molecule has 0 spiro atoms. The Morgan fingerprint density at radius 2 is 1.94 bits per heavy atom. The summed E-state index contributed by atoms with van der Waals surface area (Å²) in [4.78, 5) is 20.4. The van der Waals surface area contributed by atoms with Crippen molar-refractivity contribution in [3.8, 4) is 11.5 Å². The van der Waals surface area contributed by atoms with Gasteiger partial charge in [0.15, 0.2) is 5.13 Å². The van der Waals surface area contributed by atoms with Gasteiger partial charge in [0.05, 0.1) is 26.5 Å². The zero-order valence-electron chi connectivity index (χ0n) is 19.6. The molecule has 182 valence electrons. The fraction of sp³-hybridized carbons (Fsp3) is 0.231. The quantitative estimate of drug-likeness (QED) is 0.232. The van der Waals surface area contributed by atoms with Gasteiger partial charge in [-0.1, -0.05) is 11.8 Å². The third kappa shape index (κ3) is 5.08. The molecule has 1 aliphatic rings. The number of hydrogen-bond acceptors (Lipinski definition) is 10. The summed E-state index contributed by atoms with van der Waals surface area (Å²) in [7, 11) is 0. The molecule has 0 aromatic carbocycles. The van der Waals surface area contributed by atoms with Crippen molar-refractivity contribution in [3.63, 3.8) is 0 Å². The van der Waals surface area contributed by atoms with Crippen LogP contribution in [0.2, 0.25) is 0 Å². The van der Waals surface area contributed by atoms with Gasteiger partial charge in [-0.25, -0.2) is 9.97 Å². The van der Waals surface area contributed by atoms with Crippen LogP contribution in [0.1, 0.15) is 30.1 Å². The summed E-state index contributed by atoms with van der Waals surface area (Å²) in [6, 6.07) is 9.82. The lowest BCUT2D eigenvalue weighted by Crippen LogP contribution is -2.26. The number of hydrogen-bond donors (Lipinski definition) is 2. The van der Waals surface area contributed by atoms with Crippen LogP contribution < -0.4 is 15.4 Å². The number of aromatic nitrogens is 4. The van der Waals surface area contributed by atoms with E-state index in [1.165, 1.54) is 0 Å². The Labute approximate surface area is 221 Å². The molecule has 1 fully saturated rings. The van der Waals surface area contributed by atoms with Crippen molar-refractivity contribution in [2.24, 2.45) is 0 Å². The summed E-state index contributed by atoms with van der Waals surface area (Å²) in [5.74, 6) is 2.64. The van der Waals surface area contributed by atoms with Crippen molar-refractivity contribution < 1.29 is 4.74 Å². The first-order valence-corrected chi connectivity index (χ1v) is 14.3. The zero-order valence-corrected chi connectivity index (χ0v) is 22.1. The number of anilines is 2. The lowest BCUT2D eigenvalue weighted by atomic mass is 9.96. The molecule has 0 amide bonds. The van der Waals surface area contributed by atoms with Gasteiger partial charge >= 0.3 is 0 Å². The third-order valence-electron chi connectivity index (χ3n) is 6.05. The van der Waals surface area contributed by atoms with Crippen LogP contribution in [0.3, 0.4) is 0 Å². The van der Waals surface area contributed by atoms with E-state index in [2.05, 4.69) is 31.4 Å². The summed E-state index contributed by atoms with van der Waals surface area (Å²) < 4.78 is 7.54. The average molecular weight is 533 g/mol. The second kappa shape index (κ2) is 10.5. The van der Waals surface area contributed by atoms with Gasteiger partial charge in [0, 0.05) is 40.9 Å². The molecule has 0 atom stereocenters. The molecule has 1 aliphatic heterocycles. The number of nitrogens with zero attached hydrogens (tertiary/aromatic N) is 4. The van der Waals surface area contributed by atoms with Gasteiger partial charge in [0.1, 0.15) is 17.3 Å². The Balaban J connectivity index is 1.30. The van der Waals surface area contributed by atoms with Crippen molar-refractivity contribution in [1.29, 1.82) is 0 Å². The maximum absolute atomic E-state index is 6.39. The molecule has 5 aromatic heterocycles. The number of piperidine rings is 1. The number of ether oxygens (including phenoxy) is 1. The average Bonchev–Trinajstić information content (AvgIpc) is 3.58. The molecule has 0 aliphatic carbocycles. The predicted molar refractivity (Wildman–Crippen MR) is 147 cm³/mol. The molecule has 6 rings (SSSR count). The Hall–Kier alpha value is -3.05. The molecule has 2 N–H and O–H groups in total. The summed E-state index contributed by atoms with van der Waals surface area (Å²) >= 11 is 4.93. The number of rotatable bonds is 7. The van der Waals surface area contributed by atoms with Crippen LogP contribution in [-0.2, 0) is 0 Å². The summed E-state index contributed by atoms with van der Waals surface area (Å²) in [6.45, 7) is 4.04. The van der Waals surface area contributed by atoms with Crippen LogP contribution in [0.15, 0.2) is 69.5 Å². The number of fused-ring (bicyclic) bond motifs is 1. The highest BCUT2D eigenvalue weighted by atomic mass is 32.2. The summed E-state index contributed by atoms with van der Waals surface area (Å²) in [5.41, 5.74) is 2.99. The molecule has 7 nitrogen and oxygen atoms in total. The van der Waals surface area contributed by atoms with Crippen LogP contribution in [0.4, 0.5) is 10.9 Å². The number of pyridine rings is 3. The van der Waals surface area contributed by atoms with Crippen molar-refractivity contribution in [1.82, 2.24) is 25.3 Å². The minimum absolute atomic E-state index is 0.520. The van der Waals surface area contributed by atoms with Crippen molar-refractivity contribution >= 4 is 55.6 Å². The monoisotopic (exact) mass is 532 g/mol. The fourth-order valence-corrected chi connectivity index (χ4v) is 6.85. The van der Waals surface area contributed by atoms with Gasteiger partial charge in [0.2, 0.25) is 0 Å². The number of aryl methyl sites for hydroxylation is 1. The van der Waals surface area contributed by atoms with Gasteiger partial charge in [-0.05, 0) is 62.5 Å². The van der Waals surface area contributed by atoms with Gasteiger partial charge in [0.25, 0.3) is 0 Å². The first-order valence-electron chi connectivity index (χ1n) is 11.8. The zero-order chi connectivity index (χ0) is 24.3. The Morgan fingerprint density at radius 1 is 1.03 bits per heavy atom.